The van der Waals surface area contributed by atoms with Crippen LogP contribution in [0.3, 0.4) is 0 Å². The summed E-state index contributed by atoms with van der Waals surface area (Å²) in [5.74, 6) is -0.465. The lowest BCUT2D eigenvalue weighted by molar-refractivity contribution is -0.133. The molecule has 0 fully saturated rings. The van der Waals surface area contributed by atoms with Gasteiger partial charge in [0, 0.05) is 18.0 Å². The SMILES string of the molecule is O=C(NO)C(Cc1ccccc1)N(Cc1ccc(Cl)cc1)S(=O)(=O)c1ccc(OCCCF)cc1. The van der Waals surface area contributed by atoms with Crippen LogP contribution in [0.15, 0.2) is 83.8 Å². The Morgan fingerprint density at radius 1 is 1.00 bits per heavy atom. The number of ether oxygens (including phenoxy) is 1. The maximum Gasteiger partial charge on any atom is 0.262 e. The molecule has 3 aromatic rings. The molecule has 0 radical (unpaired) electrons. The Labute approximate surface area is 209 Å². The van der Waals surface area contributed by atoms with Gasteiger partial charge < -0.3 is 4.74 Å². The van der Waals surface area contributed by atoms with Crippen LogP contribution in [0.4, 0.5) is 4.39 Å². The van der Waals surface area contributed by atoms with Gasteiger partial charge in [0.05, 0.1) is 18.2 Å². The van der Waals surface area contributed by atoms with Gasteiger partial charge in [0.15, 0.2) is 0 Å². The molecule has 1 atom stereocenters. The third kappa shape index (κ3) is 7.25. The minimum Gasteiger partial charge on any atom is -0.493 e. The fourth-order valence-corrected chi connectivity index (χ4v) is 5.16. The molecule has 0 saturated heterocycles. The average molecular weight is 521 g/mol. The molecule has 0 aliphatic carbocycles. The van der Waals surface area contributed by atoms with Crippen LogP contribution in [0.1, 0.15) is 17.5 Å². The Hall–Kier alpha value is -2.98. The van der Waals surface area contributed by atoms with E-state index in [9.17, 15) is 22.8 Å². The van der Waals surface area contributed by atoms with Gasteiger partial charge in [-0.3, -0.25) is 14.4 Å². The number of hydroxylamine groups is 1. The van der Waals surface area contributed by atoms with Crippen LogP contribution >= 0.6 is 11.6 Å². The van der Waals surface area contributed by atoms with Crippen LogP contribution < -0.4 is 10.2 Å². The topological polar surface area (TPSA) is 95.9 Å². The lowest BCUT2D eigenvalue weighted by Crippen LogP contribution is -2.49. The smallest absolute Gasteiger partial charge is 0.262 e. The van der Waals surface area contributed by atoms with Gasteiger partial charge in [-0.1, -0.05) is 54.1 Å². The number of alkyl halides is 1. The van der Waals surface area contributed by atoms with Gasteiger partial charge in [0.25, 0.3) is 5.91 Å². The molecule has 186 valence electrons. The van der Waals surface area contributed by atoms with E-state index in [1.165, 1.54) is 24.3 Å². The van der Waals surface area contributed by atoms with E-state index in [1.54, 1.807) is 54.0 Å². The first-order chi connectivity index (χ1) is 16.8. The fourth-order valence-electron chi connectivity index (χ4n) is 3.46. The van der Waals surface area contributed by atoms with Crippen LogP contribution in [-0.4, -0.2) is 43.2 Å². The van der Waals surface area contributed by atoms with Crippen molar-refractivity contribution in [3.05, 3.63) is 95.0 Å². The molecule has 35 heavy (non-hydrogen) atoms. The maximum absolute atomic E-state index is 13.8. The highest BCUT2D eigenvalue weighted by atomic mass is 35.5. The molecule has 0 aliphatic heterocycles. The van der Waals surface area contributed by atoms with Crippen molar-refractivity contribution in [2.75, 3.05) is 13.3 Å². The number of hydrogen-bond donors (Lipinski definition) is 2. The number of rotatable bonds is 12. The van der Waals surface area contributed by atoms with Gasteiger partial charge in [-0.2, -0.15) is 4.31 Å². The van der Waals surface area contributed by atoms with Crippen molar-refractivity contribution >= 4 is 27.5 Å². The van der Waals surface area contributed by atoms with Crippen molar-refractivity contribution in [2.45, 2.75) is 30.3 Å². The standard InChI is InChI=1S/C25H26ClFN2O5S/c26-21-9-7-20(8-10-21)18-29(24(25(30)28-31)17-19-5-2-1-3-6-19)35(32,33)23-13-11-22(12-14-23)34-16-4-15-27/h1-3,5-14,24,31H,4,15-18H2,(H,28,30). The highest BCUT2D eigenvalue weighted by molar-refractivity contribution is 7.89. The van der Waals surface area contributed by atoms with E-state index in [-0.39, 0.29) is 30.9 Å². The van der Waals surface area contributed by atoms with Gasteiger partial charge in [0.2, 0.25) is 10.0 Å². The van der Waals surface area contributed by atoms with Crippen molar-refractivity contribution in [3.8, 4) is 5.75 Å². The Morgan fingerprint density at radius 2 is 1.66 bits per heavy atom. The fraction of sp³-hybridized carbons (Fsp3) is 0.240. The van der Waals surface area contributed by atoms with Crippen LogP contribution in [0.5, 0.6) is 5.75 Å². The number of benzene rings is 3. The molecule has 2 N–H and O–H groups in total. The van der Waals surface area contributed by atoms with Gasteiger partial charge >= 0.3 is 0 Å². The number of nitrogens with zero attached hydrogens (tertiary/aromatic N) is 1. The molecule has 1 amide bonds. The Kier molecular flexibility index (Phi) is 9.62. The van der Waals surface area contributed by atoms with Crippen molar-refractivity contribution < 1.29 is 27.5 Å². The summed E-state index contributed by atoms with van der Waals surface area (Å²) < 4.78 is 46.3. The molecule has 3 rings (SSSR count). The zero-order chi connectivity index (χ0) is 25.3. The summed E-state index contributed by atoms with van der Waals surface area (Å²) in [7, 11) is -4.21. The Bertz CT molecular complexity index is 1190. The first-order valence-electron chi connectivity index (χ1n) is 10.9. The van der Waals surface area contributed by atoms with Crippen molar-refractivity contribution in [1.82, 2.24) is 9.79 Å². The van der Waals surface area contributed by atoms with E-state index in [4.69, 9.17) is 16.3 Å². The van der Waals surface area contributed by atoms with Crippen LogP contribution in [0.2, 0.25) is 5.02 Å². The molecule has 0 aromatic heterocycles. The minimum absolute atomic E-state index is 0.0322. The highest BCUT2D eigenvalue weighted by Crippen LogP contribution is 2.26. The number of nitrogens with one attached hydrogen (secondary N) is 1. The largest absolute Gasteiger partial charge is 0.493 e. The molecule has 7 nitrogen and oxygen atoms in total. The van der Waals surface area contributed by atoms with Crippen LogP contribution in [0, 0.1) is 0 Å². The zero-order valence-corrected chi connectivity index (χ0v) is 20.4. The second-order valence-electron chi connectivity index (χ2n) is 7.72. The molecular weight excluding hydrogens is 495 g/mol. The van der Waals surface area contributed by atoms with Gasteiger partial charge in [0.1, 0.15) is 11.8 Å². The summed E-state index contributed by atoms with van der Waals surface area (Å²) in [5.41, 5.74) is 2.93. The summed E-state index contributed by atoms with van der Waals surface area (Å²) in [6.07, 6.45) is 0.261. The number of halogens is 2. The van der Waals surface area contributed by atoms with Crippen molar-refractivity contribution in [1.29, 1.82) is 0 Å². The molecule has 0 bridgehead atoms. The van der Waals surface area contributed by atoms with Crippen molar-refractivity contribution in [2.24, 2.45) is 0 Å². The third-order valence-electron chi connectivity index (χ3n) is 5.26. The number of carbonyl (C=O) groups is 1. The highest BCUT2D eigenvalue weighted by Gasteiger charge is 2.36. The van der Waals surface area contributed by atoms with Crippen LogP contribution in [0.25, 0.3) is 0 Å². The van der Waals surface area contributed by atoms with E-state index >= 15 is 0 Å². The number of sulfonamides is 1. The molecule has 0 spiro atoms. The number of amides is 1. The predicted octanol–water partition coefficient (Wildman–Crippen LogP) is 4.39. The first kappa shape index (κ1) is 26.6. The third-order valence-corrected chi connectivity index (χ3v) is 7.38. The Morgan fingerprint density at radius 3 is 2.26 bits per heavy atom. The van der Waals surface area contributed by atoms with E-state index in [0.29, 0.717) is 21.9 Å². The summed E-state index contributed by atoms with van der Waals surface area (Å²) in [6, 6.07) is 20.0. The Balaban J connectivity index is 1.99. The first-order valence-corrected chi connectivity index (χ1v) is 12.7. The minimum atomic E-state index is -4.21. The zero-order valence-electron chi connectivity index (χ0n) is 18.8. The molecule has 0 aliphatic rings. The second kappa shape index (κ2) is 12.6. The summed E-state index contributed by atoms with van der Waals surface area (Å²) in [6.45, 7) is -0.484. The normalized spacial score (nSPS) is 12.3. The van der Waals surface area contributed by atoms with E-state index in [1.807, 2.05) is 6.07 Å². The number of hydrogen-bond acceptors (Lipinski definition) is 5. The van der Waals surface area contributed by atoms with E-state index < -0.39 is 28.6 Å². The molecule has 1 unspecified atom stereocenters. The summed E-state index contributed by atoms with van der Waals surface area (Å²) >= 11 is 5.98. The van der Waals surface area contributed by atoms with Crippen molar-refractivity contribution in [3.63, 3.8) is 0 Å². The molecule has 0 heterocycles. The quantitative estimate of drug-likeness (QED) is 0.210. The van der Waals surface area contributed by atoms with E-state index in [0.717, 1.165) is 4.31 Å². The average Bonchev–Trinajstić information content (AvgIpc) is 2.88. The molecule has 10 heteroatoms. The lowest BCUT2D eigenvalue weighted by atomic mass is 10.0. The van der Waals surface area contributed by atoms with E-state index in [2.05, 4.69) is 0 Å². The summed E-state index contributed by atoms with van der Waals surface area (Å²) in [4.78, 5) is 12.7. The maximum atomic E-state index is 13.8. The second-order valence-corrected chi connectivity index (χ2v) is 10.0. The molecule has 3 aromatic carbocycles. The van der Waals surface area contributed by atoms with Gasteiger partial charge in [-0.05, 0) is 53.9 Å². The molecule has 0 saturated carbocycles. The molecular formula is C25H26ClFN2O5S. The van der Waals surface area contributed by atoms with Crippen LogP contribution in [-0.2, 0) is 27.8 Å². The predicted molar refractivity (Wildman–Crippen MR) is 131 cm³/mol. The monoisotopic (exact) mass is 520 g/mol. The lowest BCUT2D eigenvalue weighted by Gasteiger charge is -2.30. The van der Waals surface area contributed by atoms with Gasteiger partial charge in [-0.15, -0.1) is 0 Å². The summed E-state index contributed by atoms with van der Waals surface area (Å²) in [5, 5.41) is 9.91. The number of carbonyl (C=O) groups excluding carboxylic acids is 1. The van der Waals surface area contributed by atoms with Gasteiger partial charge in [-0.25, -0.2) is 13.9 Å².